The molecule has 0 aromatic carbocycles. The zero-order valence-electron chi connectivity index (χ0n) is 19.4. The van der Waals surface area contributed by atoms with E-state index in [1.165, 1.54) is 30.5 Å². The van der Waals surface area contributed by atoms with E-state index >= 15 is 0 Å². The van der Waals surface area contributed by atoms with Crippen molar-refractivity contribution in [2.75, 3.05) is 57.3 Å². The van der Waals surface area contributed by atoms with E-state index in [0.29, 0.717) is 49.5 Å². The van der Waals surface area contributed by atoms with E-state index in [2.05, 4.69) is 25.2 Å². The fraction of sp³-hybridized carbons (Fsp3) is 0.524. The first-order valence-corrected chi connectivity index (χ1v) is 12.0. The molecule has 1 N–H and O–H groups in total. The fourth-order valence-electron chi connectivity index (χ4n) is 4.30. The third-order valence-corrected chi connectivity index (χ3v) is 7.12. The number of morpholine rings is 1. The van der Waals surface area contributed by atoms with Crippen LogP contribution in [0.15, 0.2) is 6.07 Å². The summed E-state index contributed by atoms with van der Waals surface area (Å²) in [5.74, 6) is 0.479. The van der Waals surface area contributed by atoms with Crippen LogP contribution in [0.25, 0.3) is 0 Å². The Kier molecular flexibility index (Phi) is 6.38. The van der Waals surface area contributed by atoms with Crippen molar-refractivity contribution in [1.29, 1.82) is 0 Å². The highest BCUT2D eigenvalue weighted by molar-refractivity contribution is 7.15. The molecular formula is C21H25N7O6S. The Balaban J connectivity index is 1.29. The molecule has 0 aliphatic carbocycles. The highest BCUT2D eigenvalue weighted by atomic mass is 32.1. The lowest BCUT2D eigenvalue weighted by atomic mass is 10.2. The molecule has 186 valence electrons. The van der Waals surface area contributed by atoms with E-state index < -0.39 is 18.0 Å². The van der Waals surface area contributed by atoms with Crippen LogP contribution in [0.2, 0.25) is 0 Å². The highest BCUT2D eigenvalue weighted by Gasteiger charge is 2.40. The number of nitrogens with zero attached hydrogens (tertiary/aromatic N) is 6. The Labute approximate surface area is 205 Å². The molecule has 14 heteroatoms. The van der Waals surface area contributed by atoms with Crippen molar-refractivity contribution in [3.63, 3.8) is 0 Å². The van der Waals surface area contributed by atoms with Gasteiger partial charge in [-0.05, 0) is 0 Å². The second kappa shape index (κ2) is 9.62. The van der Waals surface area contributed by atoms with Crippen molar-refractivity contribution in [2.45, 2.75) is 25.4 Å². The van der Waals surface area contributed by atoms with Crippen molar-refractivity contribution in [3.8, 4) is 11.9 Å². The number of thiazole rings is 1. The zero-order chi connectivity index (χ0) is 24.5. The van der Waals surface area contributed by atoms with E-state index in [-0.39, 0.29) is 31.5 Å². The van der Waals surface area contributed by atoms with E-state index in [1.54, 1.807) is 6.07 Å². The summed E-state index contributed by atoms with van der Waals surface area (Å²) in [5.41, 5.74) is 0.888. The average molecular weight is 504 g/mol. The molecule has 35 heavy (non-hydrogen) atoms. The lowest BCUT2D eigenvalue weighted by Crippen LogP contribution is -2.55. The van der Waals surface area contributed by atoms with Crippen LogP contribution in [0, 0.1) is 0 Å². The van der Waals surface area contributed by atoms with Crippen molar-refractivity contribution in [2.24, 2.45) is 0 Å². The number of amides is 4. The molecular weight excluding hydrogens is 478 g/mol. The van der Waals surface area contributed by atoms with Gasteiger partial charge >= 0.3 is 12.0 Å². The normalized spacial score (nSPS) is 20.2. The minimum Gasteiger partial charge on any atom is -0.481 e. The van der Waals surface area contributed by atoms with Gasteiger partial charge in [0.2, 0.25) is 11.8 Å². The number of fused-ring (bicyclic) bond motifs is 2. The number of carbonyl (C=O) groups excluding carboxylic acids is 3. The number of nitrogens with one attached hydrogen (secondary N) is 1. The summed E-state index contributed by atoms with van der Waals surface area (Å²) in [6.07, 6.45) is 0.743. The number of carbonyl (C=O) groups is 3. The van der Waals surface area contributed by atoms with Gasteiger partial charge in [-0.25, -0.2) is 9.78 Å². The summed E-state index contributed by atoms with van der Waals surface area (Å²) in [7, 11) is 3.02. The number of rotatable bonds is 4. The van der Waals surface area contributed by atoms with Crippen molar-refractivity contribution in [3.05, 3.63) is 16.6 Å². The van der Waals surface area contributed by atoms with Crippen molar-refractivity contribution in [1.82, 2.24) is 24.8 Å². The molecule has 3 aliphatic rings. The quantitative estimate of drug-likeness (QED) is 0.627. The Bertz CT molecular complexity index is 1130. The predicted octanol–water partition coefficient (Wildman–Crippen LogP) is 0.505. The Morgan fingerprint density at radius 2 is 2.00 bits per heavy atom. The maximum absolute atomic E-state index is 13.0. The lowest BCUT2D eigenvalue weighted by Gasteiger charge is -2.33. The number of ether oxygens (including phenoxy) is 3. The molecule has 5 heterocycles. The van der Waals surface area contributed by atoms with Gasteiger partial charge < -0.3 is 24.0 Å². The van der Waals surface area contributed by atoms with Crippen LogP contribution in [0.3, 0.4) is 0 Å². The number of hydrogen-bond acceptors (Lipinski definition) is 11. The van der Waals surface area contributed by atoms with Crippen LogP contribution < -0.4 is 19.7 Å². The van der Waals surface area contributed by atoms with E-state index in [9.17, 15) is 14.4 Å². The molecule has 2 aromatic heterocycles. The number of methoxy groups -OCH3 is 2. The number of anilines is 2. The molecule has 1 unspecified atom stereocenters. The summed E-state index contributed by atoms with van der Waals surface area (Å²) < 4.78 is 15.8. The second-order valence-corrected chi connectivity index (χ2v) is 9.25. The third kappa shape index (κ3) is 4.58. The maximum Gasteiger partial charge on any atom is 0.330 e. The maximum atomic E-state index is 13.0. The molecule has 2 aromatic rings. The van der Waals surface area contributed by atoms with E-state index in [4.69, 9.17) is 14.2 Å². The number of imide groups is 1. The van der Waals surface area contributed by atoms with Gasteiger partial charge in [-0.3, -0.25) is 19.8 Å². The van der Waals surface area contributed by atoms with Gasteiger partial charge in [0.25, 0.3) is 5.91 Å². The standard InChI is InChI=1S/C21H25N7O6S/c1-32-16-9-15(23-19(24-16)33-2)26-5-3-12-14(10-26)35-20(22-12)25-21(31)28-6-4-17(29)27-7-8-34-11-13(27)18(28)30/h9,13H,3-8,10-11H2,1-2H3,(H,22,25,31). The van der Waals surface area contributed by atoms with Gasteiger partial charge in [-0.15, -0.1) is 0 Å². The molecule has 0 spiro atoms. The Hall–Kier alpha value is -3.52. The molecule has 0 bridgehead atoms. The minimum absolute atomic E-state index is 0.0206. The van der Waals surface area contributed by atoms with Gasteiger partial charge in [0.05, 0.1) is 39.7 Å². The SMILES string of the molecule is COc1cc(N2CCc3nc(NC(=O)N4CCC(=O)N5CCOCC5C4=O)sc3C2)nc(OC)n1. The van der Waals surface area contributed by atoms with Crippen molar-refractivity contribution < 1.29 is 28.6 Å². The average Bonchev–Trinajstić information content (AvgIpc) is 3.23. The summed E-state index contributed by atoms with van der Waals surface area (Å²) in [6, 6.07) is 0.583. The second-order valence-electron chi connectivity index (χ2n) is 8.16. The molecule has 3 aliphatic heterocycles. The number of urea groups is 1. The molecule has 1 atom stereocenters. The first-order valence-electron chi connectivity index (χ1n) is 11.2. The van der Waals surface area contributed by atoms with E-state index in [1.807, 2.05) is 0 Å². The Morgan fingerprint density at radius 1 is 1.14 bits per heavy atom. The minimum atomic E-state index is -0.774. The van der Waals surface area contributed by atoms with Crippen LogP contribution in [-0.4, -0.2) is 95.7 Å². The lowest BCUT2D eigenvalue weighted by molar-refractivity contribution is -0.148. The van der Waals surface area contributed by atoms with Gasteiger partial charge in [0, 0.05) is 43.4 Å². The van der Waals surface area contributed by atoms with Gasteiger partial charge in [-0.1, -0.05) is 11.3 Å². The smallest absolute Gasteiger partial charge is 0.330 e. The van der Waals surface area contributed by atoms with Crippen LogP contribution >= 0.6 is 11.3 Å². The number of hydrogen-bond donors (Lipinski definition) is 1. The van der Waals surface area contributed by atoms with Gasteiger partial charge in [0.1, 0.15) is 11.9 Å². The number of aromatic nitrogens is 3. The summed E-state index contributed by atoms with van der Waals surface area (Å²) >= 11 is 1.35. The predicted molar refractivity (Wildman–Crippen MR) is 124 cm³/mol. The summed E-state index contributed by atoms with van der Waals surface area (Å²) in [4.78, 5) is 57.1. The molecule has 0 saturated carbocycles. The first kappa shape index (κ1) is 23.2. The first-order chi connectivity index (χ1) is 17.0. The molecule has 4 amide bonds. The van der Waals surface area contributed by atoms with Crippen LogP contribution in [0.1, 0.15) is 17.0 Å². The van der Waals surface area contributed by atoms with Crippen molar-refractivity contribution >= 4 is 40.1 Å². The summed E-state index contributed by atoms with van der Waals surface area (Å²) in [6.45, 7) is 2.05. The zero-order valence-corrected chi connectivity index (χ0v) is 20.2. The molecule has 0 radical (unpaired) electrons. The van der Waals surface area contributed by atoms with E-state index in [0.717, 1.165) is 15.5 Å². The third-order valence-electron chi connectivity index (χ3n) is 6.12. The highest BCUT2D eigenvalue weighted by Crippen LogP contribution is 2.32. The Morgan fingerprint density at radius 3 is 2.80 bits per heavy atom. The molecule has 13 nitrogen and oxygen atoms in total. The molecule has 2 saturated heterocycles. The van der Waals surface area contributed by atoms with Gasteiger partial charge in [0.15, 0.2) is 5.13 Å². The fourth-order valence-corrected chi connectivity index (χ4v) is 5.32. The largest absolute Gasteiger partial charge is 0.481 e. The monoisotopic (exact) mass is 503 g/mol. The summed E-state index contributed by atoms with van der Waals surface area (Å²) in [5, 5.41) is 3.15. The molecule has 5 rings (SSSR count). The van der Waals surface area contributed by atoms with Gasteiger partial charge in [-0.2, -0.15) is 9.97 Å². The van der Waals surface area contributed by atoms with Crippen LogP contribution in [0.4, 0.5) is 15.7 Å². The molecule has 2 fully saturated rings. The van der Waals surface area contributed by atoms with Crippen LogP contribution in [0.5, 0.6) is 11.9 Å². The van der Waals surface area contributed by atoms with Crippen LogP contribution in [-0.2, 0) is 27.3 Å². The topological polar surface area (TPSA) is 139 Å².